The van der Waals surface area contributed by atoms with E-state index in [1.54, 1.807) is 42.1 Å². The molecule has 0 aliphatic carbocycles. The first-order valence-electron chi connectivity index (χ1n) is 6.13. The largest absolute Gasteiger partial charge is 0.345 e. The molecule has 108 valence electrons. The van der Waals surface area contributed by atoms with Crippen LogP contribution in [0.1, 0.15) is 16.1 Å². The highest BCUT2D eigenvalue weighted by Gasteiger charge is 2.13. The Balaban J connectivity index is 2.31. The highest BCUT2D eigenvalue weighted by atomic mass is 35.5. The molecule has 21 heavy (non-hydrogen) atoms. The van der Waals surface area contributed by atoms with Crippen molar-refractivity contribution in [3.05, 3.63) is 51.8 Å². The topological polar surface area (TPSA) is 60.0 Å². The maximum absolute atomic E-state index is 12.3. The molecule has 0 unspecified atom stereocenters. The second-order valence-corrected chi connectivity index (χ2v) is 5.18. The lowest BCUT2D eigenvalue weighted by Crippen LogP contribution is -2.16. The van der Waals surface area contributed by atoms with Gasteiger partial charge in [0.05, 0.1) is 17.3 Å². The quantitative estimate of drug-likeness (QED) is 0.835. The van der Waals surface area contributed by atoms with Crippen molar-refractivity contribution in [2.75, 3.05) is 11.9 Å². The third kappa shape index (κ3) is 3.79. The number of anilines is 1. The Bertz CT molecular complexity index is 741. The molecule has 0 aliphatic rings. The number of nitrogens with one attached hydrogen (secondary N) is 1. The summed E-state index contributed by atoms with van der Waals surface area (Å²) in [5, 5.41) is 3.84. The molecule has 0 saturated heterocycles. The third-order valence-electron chi connectivity index (χ3n) is 2.76. The lowest BCUT2D eigenvalue weighted by Gasteiger charge is -2.08. The number of aromatic nitrogens is 1. The Kier molecular flexibility index (Phi) is 4.92. The van der Waals surface area contributed by atoms with Crippen molar-refractivity contribution in [1.82, 2.24) is 4.57 Å². The molecule has 2 rings (SSSR count). The number of benzene rings is 1. The average molecular weight is 322 g/mol. The number of nitrogens with zero attached hydrogens (tertiary/aromatic N) is 1. The van der Waals surface area contributed by atoms with Gasteiger partial charge in [0, 0.05) is 23.8 Å². The zero-order valence-electron chi connectivity index (χ0n) is 11.3. The van der Waals surface area contributed by atoms with E-state index in [1.165, 1.54) is 0 Å². The smallest absolute Gasteiger partial charge is 0.272 e. The lowest BCUT2D eigenvalue weighted by molar-refractivity contribution is 0.101. The van der Waals surface area contributed by atoms with Gasteiger partial charge in [0.15, 0.2) is 0 Å². The first-order valence-corrected chi connectivity index (χ1v) is 6.88. The van der Waals surface area contributed by atoms with E-state index in [1.807, 2.05) is 0 Å². The van der Waals surface area contributed by atoms with Crippen LogP contribution in [-0.2, 0) is 7.05 Å². The highest BCUT2D eigenvalue weighted by Crippen LogP contribution is 2.21. The number of nitrogens with two attached hydrogens (primary N) is 1. The Morgan fingerprint density at radius 2 is 2.10 bits per heavy atom. The minimum atomic E-state index is -0.275. The molecular formula is C15H13Cl2N3O. The van der Waals surface area contributed by atoms with Gasteiger partial charge in [-0.2, -0.15) is 0 Å². The number of hydrogen-bond acceptors (Lipinski definition) is 2. The average Bonchev–Trinajstić information content (AvgIpc) is 2.78. The minimum absolute atomic E-state index is 0.229. The number of amides is 1. The summed E-state index contributed by atoms with van der Waals surface area (Å²) >= 11 is 11.8. The van der Waals surface area contributed by atoms with Gasteiger partial charge in [-0.3, -0.25) is 4.79 Å². The summed E-state index contributed by atoms with van der Waals surface area (Å²) in [4.78, 5) is 12.3. The molecule has 1 amide bonds. The van der Waals surface area contributed by atoms with Gasteiger partial charge in [0.2, 0.25) is 0 Å². The van der Waals surface area contributed by atoms with Crippen LogP contribution in [0, 0.1) is 11.8 Å². The fourth-order valence-corrected chi connectivity index (χ4v) is 2.23. The van der Waals surface area contributed by atoms with Crippen molar-refractivity contribution in [2.45, 2.75) is 0 Å². The third-order valence-corrected chi connectivity index (χ3v) is 3.20. The molecule has 0 radical (unpaired) electrons. The van der Waals surface area contributed by atoms with Gasteiger partial charge >= 0.3 is 0 Å². The molecule has 0 fully saturated rings. The van der Waals surface area contributed by atoms with Gasteiger partial charge in [0.1, 0.15) is 5.69 Å². The van der Waals surface area contributed by atoms with E-state index in [-0.39, 0.29) is 12.5 Å². The summed E-state index contributed by atoms with van der Waals surface area (Å²) in [7, 11) is 1.75. The van der Waals surface area contributed by atoms with Crippen LogP contribution in [0.5, 0.6) is 0 Å². The van der Waals surface area contributed by atoms with Crippen LogP contribution in [0.25, 0.3) is 0 Å². The molecule has 0 aliphatic heterocycles. The highest BCUT2D eigenvalue weighted by molar-refractivity contribution is 6.31. The zero-order chi connectivity index (χ0) is 15.4. The van der Waals surface area contributed by atoms with E-state index in [0.717, 1.165) is 0 Å². The van der Waals surface area contributed by atoms with Crippen LogP contribution in [0.2, 0.25) is 10.0 Å². The molecule has 0 spiro atoms. The standard InChI is InChI=1S/C15H13Cl2N3O/c1-20-9-12(17)8-14(20)15(21)19-13-5-4-11(16)7-10(13)3-2-6-18/h4-5,7-9H,6,18H2,1H3,(H,19,21). The van der Waals surface area contributed by atoms with Crippen molar-refractivity contribution in [3.8, 4) is 11.8 Å². The van der Waals surface area contributed by atoms with Crippen LogP contribution in [0.3, 0.4) is 0 Å². The Labute approximate surface area is 132 Å². The van der Waals surface area contributed by atoms with Crippen molar-refractivity contribution >= 4 is 34.8 Å². The second kappa shape index (κ2) is 6.68. The summed E-state index contributed by atoms with van der Waals surface area (Å²) in [5.41, 5.74) is 7.00. The fraction of sp³-hybridized carbons (Fsp3) is 0.133. The number of carbonyl (C=O) groups is 1. The van der Waals surface area contributed by atoms with Crippen LogP contribution >= 0.6 is 23.2 Å². The fourth-order valence-electron chi connectivity index (χ4n) is 1.81. The van der Waals surface area contributed by atoms with Gasteiger partial charge in [-0.1, -0.05) is 35.0 Å². The number of halogens is 2. The Morgan fingerprint density at radius 1 is 1.33 bits per heavy atom. The molecule has 1 aromatic carbocycles. The Hall–Kier alpha value is -1.93. The number of rotatable bonds is 2. The minimum Gasteiger partial charge on any atom is -0.345 e. The van der Waals surface area contributed by atoms with Crippen LogP contribution in [0.4, 0.5) is 5.69 Å². The first-order chi connectivity index (χ1) is 10.0. The summed E-state index contributed by atoms with van der Waals surface area (Å²) in [5.74, 6) is 5.35. The van der Waals surface area contributed by atoms with Crippen molar-refractivity contribution in [3.63, 3.8) is 0 Å². The van der Waals surface area contributed by atoms with Gasteiger partial charge in [-0.25, -0.2) is 0 Å². The molecule has 6 heteroatoms. The van der Waals surface area contributed by atoms with Crippen LogP contribution in [-0.4, -0.2) is 17.0 Å². The molecule has 1 aromatic heterocycles. The maximum atomic E-state index is 12.3. The summed E-state index contributed by atoms with van der Waals surface area (Å²) in [6, 6.07) is 6.66. The van der Waals surface area contributed by atoms with E-state index in [4.69, 9.17) is 28.9 Å². The van der Waals surface area contributed by atoms with Gasteiger partial charge in [0.25, 0.3) is 5.91 Å². The predicted octanol–water partition coefficient (Wildman–Crippen LogP) is 2.89. The van der Waals surface area contributed by atoms with Gasteiger partial charge < -0.3 is 15.6 Å². The van der Waals surface area contributed by atoms with E-state index in [9.17, 15) is 4.79 Å². The molecular weight excluding hydrogens is 309 g/mol. The molecule has 3 N–H and O–H groups in total. The maximum Gasteiger partial charge on any atom is 0.272 e. The SMILES string of the molecule is Cn1cc(Cl)cc1C(=O)Nc1ccc(Cl)cc1C#CCN. The second-order valence-electron chi connectivity index (χ2n) is 4.30. The molecule has 4 nitrogen and oxygen atoms in total. The van der Waals surface area contributed by atoms with Crippen molar-refractivity contribution < 1.29 is 4.79 Å². The van der Waals surface area contributed by atoms with Gasteiger partial charge in [-0.15, -0.1) is 0 Å². The molecule has 0 atom stereocenters. The number of aryl methyl sites for hydroxylation is 1. The summed E-state index contributed by atoms with van der Waals surface area (Å²) < 4.78 is 1.65. The molecule has 0 bridgehead atoms. The van der Waals surface area contributed by atoms with E-state index in [2.05, 4.69) is 17.2 Å². The van der Waals surface area contributed by atoms with Crippen molar-refractivity contribution in [1.29, 1.82) is 0 Å². The molecule has 0 saturated carbocycles. The predicted molar refractivity (Wildman–Crippen MR) is 85.8 cm³/mol. The Morgan fingerprint density at radius 3 is 2.71 bits per heavy atom. The van der Waals surface area contributed by atoms with E-state index in [0.29, 0.717) is 27.0 Å². The van der Waals surface area contributed by atoms with Gasteiger partial charge in [-0.05, 0) is 24.3 Å². The van der Waals surface area contributed by atoms with E-state index < -0.39 is 0 Å². The molecule has 1 heterocycles. The number of carbonyl (C=O) groups excluding carboxylic acids is 1. The number of hydrogen-bond donors (Lipinski definition) is 2. The summed E-state index contributed by atoms with van der Waals surface area (Å²) in [6.45, 7) is 0.229. The molecule has 2 aromatic rings. The van der Waals surface area contributed by atoms with Crippen LogP contribution in [0.15, 0.2) is 30.5 Å². The zero-order valence-corrected chi connectivity index (χ0v) is 12.8. The monoisotopic (exact) mass is 321 g/mol. The van der Waals surface area contributed by atoms with Crippen LogP contribution < -0.4 is 11.1 Å². The lowest BCUT2D eigenvalue weighted by atomic mass is 10.1. The normalized spacial score (nSPS) is 9.90. The van der Waals surface area contributed by atoms with E-state index >= 15 is 0 Å². The first kappa shape index (κ1) is 15.5. The van der Waals surface area contributed by atoms with Crippen molar-refractivity contribution in [2.24, 2.45) is 12.8 Å². The summed E-state index contributed by atoms with van der Waals surface area (Å²) in [6.07, 6.45) is 1.66.